The molecule has 0 saturated carbocycles. The van der Waals surface area contributed by atoms with Crippen LogP contribution in [0.3, 0.4) is 0 Å². The van der Waals surface area contributed by atoms with Crippen molar-refractivity contribution in [1.29, 1.82) is 0 Å². The lowest BCUT2D eigenvalue weighted by Gasteiger charge is -2.43. The van der Waals surface area contributed by atoms with Crippen molar-refractivity contribution >= 4 is 17.7 Å². The van der Waals surface area contributed by atoms with Crippen LogP contribution in [-0.4, -0.2) is 49.4 Å². The number of ether oxygens (including phenoxy) is 2. The average Bonchev–Trinajstić information content (AvgIpc) is 2.74. The minimum absolute atomic E-state index is 0.0246. The topological polar surface area (TPSA) is 84.9 Å². The maximum absolute atomic E-state index is 13.0. The second-order valence-corrected chi connectivity index (χ2v) is 7.23. The van der Waals surface area contributed by atoms with E-state index >= 15 is 0 Å². The molecule has 1 amide bonds. The van der Waals surface area contributed by atoms with Crippen molar-refractivity contribution < 1.29 is 23.9 Å². The quantitative estimate of drug-likeness (QED) is 0.784. The van der Waals surface area contributed by atoms with Crippen LogP contribution in [0.2, 0.25) is 0 Å². The Balaban J connectivity index is 1.93. The molecule has 1 aromatic rings. The number of fused-ring (bicyclic) bond motifs is 2. The average molecular weight is 396 g/mol. The van der Waals surface area contributed by atoms with Crippen LogP contribution in [0, 0.1) is 0 Å². The van der Waals surface area contributed by atoms with E-state index in [9.17, 15) is 14.4 Å². The van der Waals surface area contributed by atoms with E-state index < -0.39 is 11.9 Å². The molecule has 2 heterocycles. The lowest BCUT2D eigenvalue weighted by Crippen LogP contribution is -2.50. The van der Waals surface area contributed by atoms with Crippen molar-refractivity contribution in [2.45, 2.75) is 32.1 Å². The van der Waals surface area contributed by atoms with Crippen LogP contribution < -0.4 is 10.1 Å². The Morgan fingerprint density at radius 3 is 2.66 bits per heavy atom. The van der Waals surface area contributed by atoms with E-state index in [-0.39, 0.29) is 17.3 Å². The molecule has 1 N–H and O–H groups in total. The van der Waals surface area contributed by atoms with Crippen molar-refractivity contribution in [3.63, 3.8) is 0 Å². The molecule has 3 aliphatic rings. The van der Waals surface area contributed by atoms with Gasteiger partial charge < -0.3 is 19.7 Å². The van der Waals surface area contributed by atoms with Gasteiger partial charge in [0.05, 0.1) is 19.3 Å². The summed E-state index contributed by atoms with van der Waals surface area (Å²) in [6.45, 7) is 3.45. The van der Waals surface area contributed by atoms with Gasteiger partial charge in [-0.2, -0.15) is 0 Å². The second kappa shape index (κ2) is 7.73. The summed E-state index contributed by atoms with van der Waals surface area (Å²) in [5, 5.41) is 2.82. The molecule has 4 rings (SSSR count). The summed E-state index contributed by atoms with van der Waals surface area (Å²) in [5.74, 6) is -0.795. The number of hydrogen-bond donors (Lipinski definition) is 1. The summed E-state index contributed by atoms with van der Waals surface area (Å²) < 4.78 is 10.6. The van der Waals surface area contributed by atoms with Gasteiger partial charge in [-0.15, -0.1) is 0 Å². The van der Waals surface area contributed by atoms with Crippen molar-refractivity contribution in [3.05, 3.63) is 52.4 Å². The number of carbonyl (C=O) groups is 3. The van der Waals surface area contributed by atoms with Crippen LogP contribution in [0.1, 0.15) is 37.7 Å². The van der Waals surface area contributed by atoms with Gasteiger partial charge in [-0.25, -0.2) is 4.79 Å². The number of piperazine rings is 1. The third kappa shape index (κ3) is 3.20. The van der Waals surface area contributed by atoms with Gasteiger partial charge in [0.1, 0.15) is 11.4 Å². The Labute approximate surface area is 169 Å². The van der Waals surface area contributed by atoms with Gasteiger partial charge in [-0.05, 0) is 37.5 Å². The zero-order valence-electron chi connectivity index (χ0n) is 16.6. The molecule has 2 aliphatic heterocycles. The molecule has 1 atom stereocenters. The predicted octanol–water partition coefficient (Wildman–Crippen LogP) is 2.05. The number of nitrogens with one attached hydrogen (secondary N) is 1. The van der Waals surface area contributed by atoms with Crippen molar-refractivity contribution in [1.82, 2.24) is 10.2 Å². The second-order valence-electron chi connectivity index (χ2n) is 7.23. The SMILES string of the molecule is CCOc1ccc(C2C3=C(CCCC3=O)N3CCNC(=O)C3=C2C(=O)OC)cc1. The van der Waals surface area contributed by atoms with Gasteiger partial charge in [0.15, 0.2) is 5.78 Å². The van der Waals surface area contributed by atoms with Gasteiger partial charge in [-0.1, -0.05) is 12.1 Å². The lowest BCUT2D eigenvalue weighted by atomic mass is 9.74. The first-order valence-corrected chi connectivity index (χ1v) is 9.94. The fraction of sp³-hybridized carbons (Fsp3) is 0.409. The summed E-state index contributed by atoms with van der Waals surface area (Å²) >= 11 is 0. The Morgan fingerprint density at radius 1 is 1.21 bits per heavy atom. The highest BCUT2D eigenvalue weighted by Crippen LogP contribution is 2.46. The van der Waals surface area contributed by atoms with Crippen LogP contribution in [-0.2, 0) is 19.1 Å². The fourth-order valence-corrected chi connectivity index (χ4v) is 4.45. The number of amides is 1. The maximum Gasteiger partial charge on any atom is 0.337 e. The number of carbonyl (C=O) groups excluding carboxylic acids is 3. The number of hydrogen-bond acceptors (Lipinski definition) is 6. The fourth-order valence-electron chi connectivity index (χ4n) is 4.45. The molecule has 7 heteroatoms. The predicted molar refractivity (Wildman–Crippen MR) is 105 cm³/mol. The number of methoxy groups -OCH3 is 1. The van der Waals surface area contributed by atoms with Crippen LogP contribution in [0.4, 0.5) is 0 Å². The molecule has 0 bridgehead atoms. The first kappa shape index (κ1) is 19.2. The van der Waals surface area contributed by atoms with Crippen molar-refractivity contribution in [2.24, 2.45) is 0 Å². The minimum atomic E-state index is -0.629. The number of esters is 1. The number of benzene rings is 1. The number of ketones is 1. The van der Waals surface area contributed by atoms with E-state index in [4.69, 9.17) is 9.47 Å². The first-order chi connectivity index (χ1) is 14.1. The highest BCUT2D eigenvalue weighted by Gasteiger charge is 2.45. The normalized spacial score (nSPS) is 21.4. The molecule has 1 fully saturated rings. The molecule has 0 radical (unpaired) electrons. The molecule has 29 heavy (non-hydrogen) atoms. The number of Topliss-reactive ketones (excluding diaryl/α,β-unsaturated/α-hetero) is 1. The maximum atomic E-state index is 13.0. The van der Waals surface area contributed by atoms with Gasteiger partial charge in [-0.3, -0.25) is 9.59 Å². The molecule has 152 valence electrons. The Hall–Kier alpha value is -3.09. The van der Waals surface area contributed by atoms with Gasteiger partial charge in [0.25, 0.3) is 5.91 Å². The number of nitrogens with zero attached hydrogens (tertiary/aromatic N) is 1. The Kier molecular flexibility index (Phi) is 5.13. The number of allylic oxidation sites excluding steroid dienone is 2. The van der Waals surface area contributed by atoms with Crippen LogP contribution in [0.5, 0.6) is 5.75 Å². The highest BCUT2D eigenvalue weighted by molar-refractivity contribution is 6.09. The molecule has 7 nitrogen and oxygen atoms in total. The van der Waals surface area contributed by atoms with E-state index in [2.05, 4.69) is 5.32 Å². The Bertz CT molecular complexity index is 929. The van der Waals surface area contributed by atoms with E-state index in [1.807, 2.05) is 36.1 Å². The van der Waals surface area contributed by atoms with E-state index in [1.165, 1.54) is 7.11 Å². The van der Waals surface area contributed by atoms with Gasteiger partial charge in [0, 0.05) is 36.7 Å². The molecule has 1 saturated heterocycles. The van der Waals surface area contributed by atoms with Crippen LogP contribution in [0.15, 0.2) is 46.8 Å². The van der Waals surface area contributed by atoms with E-state index in [0.29, 0.717) is 49.6 Å². The summed E-state index contributed by atoms with van der Waals surface area (Å²) in [6, 6.07) is 7.34. The zero-order valence-corrected chi connectivity index (χ0v) is 16.6. The summed E-state index contributed by atoms with van der Waals surface area (Å²) in [4.78, 5) is 40.5. The van der Waals surface area contributed by atoms with Gasteiger partial charge >= 0.3 is 5.97 Å². The standard InChI is InChI=1S/C22H24N2O5/c1-3-29-14-9-7-13(8-10-14)17-18-15(5-4-6-16(18)25)24-12-11-23-21(26)20(24)19(17)22(27)28-2/h7-10,17H,3-6,11-12H2,1-2H3,(H,23,26). The lowest BCUT2D eigenvalue weighted by molar-refractivity contribution is -0.137. The minimum Gasteiger partial charge on any atom is -0.494 e. The summed E-state index contributed by atoms with van der Waals surface area (Å²) in [7, 11) is 1.29. The summed E-state index contributed by atoms with van der Waals surface area (Å²) in [6.07, 6.45) is 1.89. The molecule has 0 spiro atoms. The van der Waals surface area contributed by atoms with Crippen molar-refractivity contribution in [2.75, 3.05) is 26.8 Å². The van der Waals surface area contributed by atoms with Gasteiger partial charge in [0.2, 0.25) is 0 Å². The molecule has 0 aromatic heterocycles. The zero-order chi connectivity index (χ0) is 20.5. The van der Waals surface area contributed by atoms with Crippen molar-refractivity contribution in [3.8, 4) is 5.75 Å². The molecule has 1 aromatic carbocycles. The largest absolute Gasteiger partial charge is 0.494 e. The molecular formula is C22H24N2O5. The molecule has 1 aliphatic carbocycles. The first-order valence-electron chi connectivity index (χ1n) is 9.94. The number of rotatable bonds is 4. The third-order valence-electron chi connectivity index (χ3n) is 5.62. The Morgan fingerprint density at radius 2 is 1.97 bits per heavy atom. The van der Waals surface area contributed by atoms with E-state index in [0.717, 1.165) is 17.7 Å². The highest BCUT2D eigenvalue weighted by atomic mass is 16.5. The third-order valence-corrected chi connectivity index (χ3v) is 5.62. The molecular weight excluding hydrogens is 372 g/mol. The van der Waals surface area contributed by atoms with E-state index in [1.54, 1.807) is 0 Å². The van der Waals surface area contributed by atoms with Crippen LogP contribution >= 0.6 is 0 Å². The summed E-state index contributed by atoms with van der Waals surface area (Å²) in [5.41, 5.74) is 2.76. The monoisotopic (exact) mass is 396 g/mol. The molecule has 1 unspecified atom stereocenters. The van der Waals surface area contributed by atoms with Crippen LogP contribution in [0.25, 0.3) is 0 Å². The smallest absolute Gasteiger partial charge is 0.337 e.